The second kappa shape index (κ2) is 3.42. The van der Waals surface area contributed by atoms with E-state index in [2.05, 4.69) is 35.5 Å². The summed E-state index contributed by atoms with van der Waals surface area (Å²) in [6.45, 7) is 2.15. The van der Waals surface area contributed by atoms with Crippen LogP contribution in [-0.2, 0) is 7.05 Å². The van der Waals surface area contributed by atoms with Crippen molar-refractivity contribution in [3.63, 3.8) is 0 Å². The summed E-state index contributed by atoms with van der Waals surface area (Å²) in [6.07, 6.45) is 1.89. The van der Waals surface area contributed by atoms with Crippen molar-refractivity contribution in [2.75, 3.05) is 7.05 Å². The average molecular weight is 189 g/mol. The Labute approximate surface area is 83.7 Å². The van der Waals surface area contributed by atoms with Gasteiger partial charge < -0.3 is 5.32 Å². The fraction of sp³-hybridized carbons (Fsp3) is 0.364. The zero-order chi connectivity index (χ0) is 10.1. The molecular weight excluding hydrogens is 174 g/mol. The predicted octanol–water partition coefficient (Wildman–Crippen LogP) is 1.85. The zero-order valence-electron chi connectivity index (χ0n) is 8.78. The van der Waals surface area contributed by atoms with Crippen LogP contribution >= 0.6 is 0 Å². The Morgan fingerprint density at radius 3 is 2.93 bits per heavy atom. The van der Waals surface area contributed by atoms with Gasteiger partial charge in [0.25, 0.3) is 0 Å². The molecule has 3 nitrogen and oxygen atoms in total. The Morgan fingerprint density at radius 1 is 1.43 bits per heavy atom. The van der Waals surface area contributed by atoms with Crippen LogP contribution in [-0.4, -0.2) is 16.8 Å². The quantitative estimate of drug-likeness (QED) is 0.781. The third-order valence-electron chi connectivity index (χ3n) is 2.71. The van der Waals surface area contributed by atoms with Gasteiger partial charge in [0.2, 0.25) is 0 Å². The molecule has 74 valence electrons. The molecule has 1 aromatic heterocycles. The Kier molecular flexibility index (Phi) is 2.25. The fourth-order valence-electron chi connectivity index (χ4n) is 1.60. The maximum Gasteiger partial charge on any atom is 0.0682 e. The van der Waals surface area contributed by atoms with Crippen LogP contribution in [0.2, 0.25) is 0 Å². The Balaban J connectivity index is 2.54. The molecule has 0 radical (unpaired) electrons. The molecule has 0 saturated carbocycles. The topological polar surface area (TPSA) is 29.9 Å². The highest BCUT2D eigenvalue weighted by Gasteiger charge is 2.05. The molecule has 0 aliphatic carbocycles. The van der Waals surface area contributed by atoms with E-state index in [-0.39, 0.29) is 0 Å². The summed E-state index contributed by atoms with van der Waals surface area (Å²) < 4.78 is 1.90. The van der Waals surface area contributed by atoms with Crippen molar-refractivity contribution in [1.29, 1.82) is 0 Å². The molecule has 0 saturated heterocycles. The number of rotatable bonds is 2. The molecule has 14 heavy (non-hydrogen) atoms. The fourth-order valence-corrected chi connectivity index (χ4v) is 1.60. The maximum atomic E-state index is 4.22. The number of nitrogens with one attached hydrogen (secondary N) is 1. The van der Waals surface area contributed by atoms with Crippen molar-refractivity contribution in [3.05, 3.63) is 30.0 Å². The van der Waals surface area contributed by atoms with Gasteiger partial charge in [0, 0.05) is 18.5 Å². The van der Waals surface area contributed by atoms with Crippen molar-refractivity contribution in [2.45, 2.75) is 13.0 Å². The van der Waals surface area contributed by atoms with E-state index >= 15 is 0 Å². The lowest BCUT2D eigenvalue weighted by Gasteiger charge is -2.10. The molecule has 1 N–H and O–H groups in total. The number of nitrogens with zero attached hydrogens (tertiary/aromatic N) is 2. The molecule has 0 fully saturated rings. The Bertz CT molecular complexity index is 445. The first-order valence-electron chi connectivity index (χ1n) is 4.81. The minimum absolute atomic E-state index is 0.384. The number of benzene rings is 1. The molecule has 2 rings (SSSR count). The van der Waals surface area contributed by atoms with E-state index in [1.54, 1.807) is 0 Å². The summed E-state index contributed by atoms with van der Waals surface area (Å²) >= 11 is 0. The second-order valence-electron chi connectivity index (χ2n) is 3.60. The standard InChI is InChI=1S/C11H15N3/c1-8(12-2)9-4-5-10-7-13-14(3)11(10)6-9/h4-8,12H,1-3H3. The summed E-state index contributed by atoms with van der Waals surface area (Å²) in [6, 6.07) is 6.83. The first kappa shape index (κ1) is 9.21. The van der Waals surface area contributed by atoms with E-state index in [0.29, 0.717) is 6.04 Å². The molecule has 0 aliphatic heterocycles. The first-order valence-corrected chi connectivity index (χ1v) is 4.81. The van der Waals surface area contributed by atoms with Crippen LogP contribution in [0.5, 0.6) is 0 Å². The SMILES string of the molecule is CNC(C)c1ccc2cnn(C)c2c1. The van der Waals surface area contributed by atoms with Crippen molar-refractivity contribution in [2.24, 2.45) is 7.05 Å². The average Bonchev–Trinajstić information content (AvgIpc) is 2.59. The van der Waals surface area contributed by atoms with Crippen molar-refractivity contribution in [1.82, 2.24) is 15.1 Å². The summed E-state index contributed by atoms with van der Waals surface area (Å²) in [7, 11) is 3.94. The van der Waals surface area contributed by atoms with Crippen LogP contribution in [0.15, 0.2) is 24.4 Å². The molecule has 1 atom stereocenters. The predicted molar refractivity (Wildman–Crippen MR) is 58.2 cm³/mol. The van der Waals surface area contributed by atoms with Gasteiger partial charge in [-0.15, -0.1) is 0 Å². The molecule has 1 heterocycles. The van der Waals surface area contributed by atoms with Crippen molar-refractivity contribution < 1.29 is 0 Å². The Hall–Kier alpha value is -1.35. The molecule has 0 spiro atoms. The zero-order valence-corrected chi connectivity index (χ0v) is 8.78. The van der Waals surface area contributed by atoms with E-state index in [0.717, 1.165) is 0 Å². The van der Waals surface area contributed by atoms with E-state index in [4.69, 9.17) is 0 Å². The number of fused-ring (bicyclic) bond motifs is 1. The highest BCUT2D eigenvalue weighted by Crippen LogP contribution is 2.19. The Morgan fingerprint density at radius 2 is 2.21 bits per heavy atom. The second-order valence-corrected chi connectivity index (χ2v) is 3.60. The van der Waals surface area contributed by atoms with Crippen molar-refractivity contribution in [3.8, 4) is 0 Å². The van der Waals surface area contributed by atoms with Gasteiger partial charge in [-0.05, 0) is 25.6 Å². The molecular formula is C11H15N3. The van der Waals surface area contributed by atoms with Gasteiger partial charge in [-0.2, -0.15) is 5.10 Å². The highest BCUT2D eigenvalue weighted by molar-refractivity contribution is 5.79. The monoisotopic (exact) mass is 189 g/mol. The highest BCUT2D eigenvalue weighted by atomic mass is 15.2. The molecule has 1 aromatic carbocycles. The summed E-state index contributed by atoms with van der Waals surface area (Å²) in [4.78, 5) is 0. The van der Waals surface area contributed by atoms with Gasteiger partial charge in [-0.25, -0.2) is 0 Å². The normalized spacial score (nSPS) is 13.4. The van der Waals surface area contributed by atoms with Crippen LogP contribution in [0.25, 0.3) is 10.9 Å². The maximum absolute atomic E-state index is 4.22. The lowest BCUT2D eigenvalue weighted by Crippen LogP contribution is -2.12. The summed E-state index contributed by atoms with van der Waals surface area (Å²) in [5, 5.41) is 8.64. The molecule has 0 aliphatic rings. The van der Waals surface area contributed by atoms with Gasteiger partial charge in [0.05, 0.1) is 11.7 Å². The molecule has 0 amide bonds. The smallest absolute Gasteiger partial charge is 0.0682 e. The molecule has 0 bridgehead atoms. The van der Waals surface area contributed by atoms with E-state index in [1.165, 1.54) is 16.5 Å². The molecule has 1 unspecified atom stereocenters. The summed E-state index contributed by atoms with van der Waals surface area (Å²) in [5.41, 5.74) is 2.48. The lowest BCUT2D eigenvalue weighted by molar-refractivity contribution is 0.652. The minimum atomic E-state index is 0.384. The lowest BCUT2D eigenvalue weighted by atomic mass is 10.1. The minimum Gasteiger partial charge on any atom is -0.313 e. The number of aromatic nitrogens is 2. The number of hydrogen-bond donors (Lipinski definition) is 1. The first-order chi connectivity index (χ1) is 6.72. The van der Waals surface area contributed by atoms with Gasteiger partial charge >= 0.3 is 0 Å². The van der Waals surface area contributed by atoms with Crippen molar-refractivity contribution >= 4 is 10.9 Å². The van der Waals surface area contributed by atoms with Gasteiger partial charge in [-0.3, -0.25) is 4.68 Å². The van der Waals surface area contributed by atoms with E-state index in [9.17, 15) is 0 Å². The van der Waals surface area contributed by atoms with Crippen LogP contribution in [0.1, 0.15) is 18.5 Å². The largest absolute Gasteiger partial charge is 0.313 e. The third kappa shape index (κ3) is 1.40. The van der Waals surface area contributed by atoms with Gasteiger partial charge in [0.1, 0.15) is 0 Å². The summed E-state index contributed by atoms with van der Waals surface area (Å²) in [5.74, 6) is 0. The van der Waals surface area contributed by atoms with Gasteiger partial charge in [-0.1, -0.05) is 12.1 Å². The third-order valence-corrected chi connectivity index (χ3v) is 2.71. The molecule has 3 heteroatoms. The van der Waals surface area contributed by atoms with Crippen LogP contribution in [0, 0.1) is 0 Å². The van der Waals surface area contributed by atoms with Crippen LogP contribution < -0.4 is 5.32 Å². The number of aryl methyl sites for hydroxylation is 1. The molecule has 2 aromatic rings. The van der Waals surface area contributed by atoms with E-state index < -0.39 is 0 Å². The van der Waals surface area contributed by atoms with Crippen LogP contribution in [0.4, 0.5) is 0 Å². The van der Waals surface area contributed by atoms with Crippen LogP contribution in [0.3, 0.4) is 0 Å². The number of hydrogen-bond acceptors (Lipinski definition) is 2. The van der Waals surface area contributed by atoms with E-state index in [1.807, 2.05) is 25.0 Å². The van der Waals surface area contributed by atoms with Gasteiger partial charge in [0.15, 0.2) is 0 Å².